The summed E-state index contributed by atoms with van der Waals surface area (Å²) in [5.74, 6) is 0. The molecule has 0 radical (unpaired) electrons. The van der Waals surface area contributed by atoms with E-state index in [0.29, 0.717) is 0 Å². The number of aromatic amines is 1. The largest absolute Gasteiger partial charge is 0.405 e. The van der Waals surface area contributed by atoms with Gasteiger partial charge < -0.3 is 0 Å². The normalized spacial score (nSPS) is 11.4. The van der Waals surface area contributed by atoms with E-state index < -0.39 is 10.1 Å². The zero-order valence-electron chi connectivity index (χ0n) is 5.56. The van der Waals surface area contributed by atoms with Crippen LogP contribution in [0.1, 0.15) is 0 Å². The number of aromatic nitrogens is 2. The van der Waals surface area contributed by atoms with E-state index in [1.54, 1.807) is 0 Å². The van der Waals surface area contributed by atoms with Crippen molar-refractivity contribution in [2.75, 3.05) is 0 Å². The molecule has 0 aliphatic carbocycles. The Balaban J connectivity index is 3.35. The Morgan fingerprint density at radius 3 is 2.73 bits per heavy atom. The van der Waals surface area contributed by atoms with Gasteiger partial charge in [-0.15, -0.1) is 0 Å². The Morgan fingerprint density at radius 2 is 2.36 bits per heavy atom. The minimum Gasteiger partial charge on any atom is -0.276 e. The molecule has 0 spiro atoms. The van der Waals surface area contributed by atoms with Crippen LogP contribution in [0.4, 0.5) is 0 Å². The van der Waals surface area contributed by atoms with Crippen LogP contribution >= 0.6 is 0 Å². The number of nitrogens with one attached hydrogen (secondary N) is 1. The van der Waals surface area contributed by atoms with Crippen LogP contribution in [0.25, 0.3) is 6.20 Å². The molecule has 0 aliphatic heterocycles. The molecule has 0 atom stereocenters. The van der Waals surface area contributed by atoms with Crippen molar-refractivity contribution in [3.05, 3.63) is 19.0 Å². The van der Waals surface area contributed by atoms with Crippen LogP contribution in [-0.2, 0) is 10.1 Å². The minimum absolute atomic E-state index is 0.299. The molecule has 0 aliphatic rings. The van der Waals surface area contributed by atoms with Gasteiger partial charge in [-0.25, -0.2) is 4.98 Å². The molecular weight excluding hydrogens is 168 g/mol. The first-order valence-corrected chi connectivity index (χ1v) is 4.18. The molecule has 0 saturated heterocycles. The topological polar surface area (TPSA) is 74.0 Å². The van der Waals surface area contributed by atoms with Gasteiger partial charge in [-0.05, 0) is 0 Å². The fraction of sp³-hybridized carbons (Fsp3) is 0. The van der Waals surface area contributed by atoms with Crippen LogP contribution in [0.3, 0.4) is 0 Å². The van der Waals surface area contributed by atoms with Crippen molar-refractivity contribution in [3.63, 3.8) is 0 Å². The first-order valence-electron chi connectivity index (χ1n) is 2.74. The second-order valence-corrected chi connectivity index (χ2v) is 3.17. The molecule has 0 aromatic carbocycles. The highest BCUT2D eigenvalue weighted by Gasteiger charge is 2.22. The van der Waals surface area contributed by atoms with Crippen LogP contribution in [0.15, 0.2) is 24.1 Å². The molecule has 0 fully saturated rings. The highest BCUT2D eigenvalue weighted by atomic mass is 32.2. The number of hydrogen-bond donors (Lipinski definition) is 2. The van der Waals surface area contributed by atoms with Gasteiger partial charge >= 0.3 is 15.3 Å². The molecule has 1 aromatic rings. The minimum atomic E-state index is -4.17. The van der Waals surface area contributed by atoms with Crippen molar-refractivity contribution in [1.29, 1.82) is 0 Å². The number of nitrogens with zero attached hydrogens (tertiary/aromatic N) is 1. The van der Waals surface area contributed by atoms with Crippen LogP contribution < -0.4 is 4.57 Å². The first kappa shape index (κ1) is 7.96. The maximum Gasteiger partial charge on any atom is 0.405 e. The van der Waals surface area contributed by atoms with Crippen molar-refractivity contribution < 1.29 is 17.5 Å². The van der Waals surface area contributed by atoms with Crippen LogP contribution in [0.5, 0.6) is 0 Å². The van der Waals surface area contributed by atoms with Gasteiger partial charge in [-0.1, -0.05) is 6.58 Å². The molecule has 11 heavy (non-hydrogen) atoms. The van der Waals surface area contributed by atoms with Gasteiger partial charge in [-0.2, -0.15) is 13.0 Å². The third-order valence-corrected chi connectivity index (χ3v) is 1.93. The molecule has 0 bridgehead atoms. The summed E-state index contributed by atoms with van der Waals surface area (Å²) in [5.41, 5.74) is 0. The lowest BCUT2D eigenvalue weighted by Crippen LogP contribution is -2.30. The number of H-pyrrole nitrogens is 1. The third-order valence-electron chi connectivity index (χ3n) is 1.12. The lowest BCUT2D eigenvalue weighted by atomic mass is 10.9. The van der Waals surface area contributed by atoms with Crippen molar-refractivity contribution in [3.8, 4) is 0 Å². The summed E-state index contributed by atoms with van der Waals surface area (Å²) in [6.07, 6.45) is 4.07. The van der Waals surface area contributed by atoms with Gasteiger partial charge in [0.15, 0.2) is 0 Å². The van der Waals surface area contributed by atoms with E-state index in [1.165, 1.54) is 18.6 Å². The van der Waals surface area contributed by atoms with E-state index in [1.807, 2.05) is 0 Å². The molecule has 1 heterocycles. The lowest BCUT2D eigenvalue weighted by Gasteiger charge is -1.87. The van der Waals surface area contributed by atoms with E-state index in [-0.39, 0.29) is 5.16 Å². The molecule has 1 aromatic heterocycles. The van der Waals surface area contributed by atoms with Gasteiger partial charge in [0.25, 0.3) is 0 Å². The predicted octanol–water partition coefficient (Wildman–Crippen LogP) is -0.351. The van der Waals surface area contributed by atoms with Crippen molar-refractivity contribution in [1.82, 2.24) is 4.98 Å². The summed E-state index contributed by atoms with van der Waals surface area (Å²) in [7, 11) is -4.17. The van der Waals surface area contributed by atoms with Crippen molar-refractivity contribution >= 4 is 16.3 Å². The molecule has 6 heteroatoms. The van der Waals surface area contributed by atoms with E-state index in [2.05, 4.69) is 11.6 Å². The second kappa shape index (κ2) is 2.48. The Bertz CT molecular complexity index is 365. The number of hydrogen-bond acceptors (Lipinski definition) is 2. The third kappa shape index (κ3) is 1.47. The van der Waals surface area contributed by atoms with Gasteiger partial charge in [0, 0.05) is 0 Å². The zero-order valence-corrected chi connectivity index (χ0v) is 6.37. The summed E-state index contributed by atoms with van der Waals surface area (Å²) >= 11 is 0. The number of rotatable bonds is 2. The number of imidazole rings is 1. The standard InChI is InChI=1S/C5H6N2O3S/c1-2-7-4-3-6-5(7)11(8,9)10/h2-4H,1H2,(H,8,9,10)/p+1. The molecule has 60 valence electrons. The lowest BCUT2D eigenvalue weighted by molar-refractivity contribution is -0.610. The molecule has 0 unspecified atom stereocenters. The maximum absolute atomic E-state index is 10.5. The molecule has 2 N–H and O–H groups in total. The predicted molar refractivity (Wildman–Crippen MR) is 37.2 cm³/mol. The average molecular weight is 175 g/mol. The van der Waals surface area contributed by atoms with Crippen LogP contribution in [-0.4, -0.2) is 18.0 Å². The maximum atomic E-state index is 10.5. The van der Waals surface area contributed by atoms with Crippen LogP contribution in [0.2, 0.25) is 0 Å². The van der Waals surface area contributed by atoms with E-state index in [4.69, 9.17) is 4.55 Å². The smallest absolute Gasteiger partial charge is 0.276 e. The van der Waals surface area contributed by atoms with Crippen molar-refractivity contribution in [2.45, 2.75) is 5.16 Å². The average Bonchev–Trinajstić information content (AvgIpc) is 2.31. The van der Waals surface area contributed by atoms with Gasteiger partial charge in [0.1, 0.15) is 12.4 Å². The van der Waals surface area contributed by atoms with Crippen LogP contribution in [0, 0.1) is 0 Å². The summed E-state index contributed by atoms with van der Waals surface area (Å²) < 4.78 is 30.8. The molecule has 5 nitrogen and oxygen atoms in total. The highest BCUT2D eigenvalue weighted by molar-refractivity contribution is 7.85. The summed E-state index contributed by atoms with van der Waals surface area (Å²) in [4.78, 5) is 2.35. The first-order chi connectivity index (χ1) is 5.05. The second-order valence-electron chi connectivity index (χ2n) is 1.83. The van der Waals surface area contributed by atoms with Gasteiger partial charge in [0.05, 0.1) is 6.20 Å². The van der Waals surface area contributed by atoms with Crippen molar-refractivity contribution in [2.24, 2.45) is 0 Å². The van der Waals surface area contributed by atoms with Gasteiger partial charge in [-0.3, -0.25) is 4.55 Å². The Labute approximate surface area is 63.7 Å². The van der Waals surface area contributed by atoms with Gasteiger partial charge in [0.2, 0.25) is 0 Å². The highest BCUT2D eigenvalue weighted by Crippen LogP contribution is 1.95. The zero-order chi connectivity index (χ0) is 8.48. The SMILES string of the molecule is C=C[n+]1cc[nH]c1S(=O)(=O)O. The Hall–Kier alpha value is -1.14. The summed E-state index contributed by atoms with van der Waals surface area (Å²) in [5, 5.41) is -0.299. The molecule has 1 rings (SSSR count). The summed E-state index contributed by atoms with van der Waals surface area (Å²) in [6.45, 7) is 3.34. The fourth-order valence-corrected chi connectivity index (χ4v) is 1.30. The Morgan fingerprint density at radius 1 is 1.73 bits per heavy atom. The monoisotopic (exact) mass is 175 g/mol. The summed E-state index contributed by atoms with van der Waals surface area (Å²) in [6, 6.07) is 0. The molecular formula is C5H7N2O3S+. The van der Waals surface area contributed by atoms with E-state index in [0.717, 1.165) is 4.57 Å². The van der Waals surface area contributed by atoms with E-state index in [9.17, 15) is 8.42 Å². The molecule has 0 amide bonds. The molecule has 0 saturated carbocycles. The van der Waals surface area contributed by atoms with E-state index >= 15 is 0 Å². The quantitative estimate of drug-likeness (QED) is 0.476. The Kier molecular flexibility index (Phi) is 1.79. The fourth-order valence-electron chi connectivity index (χ4n) is 0.683.